The van der Waals surface area contributed by atoms with Crippen LogP contribution in [0.2, 0.25) is 5.15 Å². The third-order valence-electron chi connectivity index (χ3n) is 1.56. The molecule has 1 aromatic heterocycles. The molecule has 0 bridgehead atoms. The van der Waals surface area contributed by atoms with Crippen LogP contribution < -0.4 is 5.32 Å². The molecular weight excluding hydrogens is 200 g/mol. The fraction of sp³-hybridized carbons (Fsp3) is 0.200. The van der Waals surface area contributed by atoms with Crippen LogP contribution in [0.5, 0.6) is 0 Å². The monoisotopic (exact) mass is 208 g/mol. The maximum absolute atomic E-state index is 11.1. The molecule has 1 heterocycles. The lowest BCUT2D eigenvalue weighted by molar-refractivity contribution is -0.115. The predicted molar refractivity (Wildman–Crippen MR) is 56.1 cm³/mol. The first-order chi connectivity index (χ1) is 6.63. The predicted octanol–water partition coefficient (Wildman–Crippen LogP) is 2.01. The number of anilines is 1. The maximum Gasteiger partial charge on any atom is 0.236 e. The van der Waals surface area contributed by atoms with Gasteiger partial charge in [0.25, 0.3) is 0 Å². The van der Waals surface area contributed by atoms with Crippen LogP contribution in [-0.4, -0.2) is 10.9 Å². The van der Waals surface area contributed by atoms with Gasteiger partial charge in [-0.3, -0.25) is 4.79 Å². The molecule has 0 unspecified atom stereocenters. The van der Waals surface area contributed by atoms with Gasteiger partial charge in [0.15, 0.2) is 0 Å². The molecule has 0 aliphatic carbocycles. The summed E-state index contributed by atoms with van der Waals surface area (Å²) in [6, 6.07) is 1.74. The van der Waals surface area contributed by atoms with Crippen LogP contribution in [0.15, 0.2) is 12.3 Å². The first kappa shape index (κ1) is 10.6. The average molecular weight is 209 g/mol. The van der Waals surface area contributed by atoms with Crippen LogP contribution >= 0.6 is 11.6 Å². The van der Waals surface area contributed by atoms with Crippen LogP contribution in [0.4, 0.5) is 5.69 Å². The molecule has 0 radical (unpaired) electrons. The molecule has 0 saturated carbocycles. The van der Waals surface area contributed by atoms with E-state index in [2.05, 4.69) is 16.2 Å². The number of pyridine rings is 1. The van der Waals surface area contributed by atoms with Gasteiger partial charge in [-0.05, 0) is 18.6 Å². The Morgan fingerprint density at radius 3 is 3.07 bits per heavy atom. The number of carbonyl (C=O) groups excluding carboxylic acids is 1. The summed E-state index contributed by atoms with van der Waals surface area (Å²) in [5.41, 5.74) is 1.41. The molecule has 0 aliphatic heterocycles. The van der Waals surface area contributed by atoms with Crippen molar-refractivity contribution in [3.05, 3.63) is 23.0 Å². The summed E-state index contributed by atoms with van der Waals surface area (Å²) in [6.07, 6.45) is 6.54. The fourth-order valence-electron chi connectivity index (χ4n) is 0.924. The van der Waals surface area contributed by atoms with Crippen molar-refractivity contribution in [2.45, 2.75) is 13.3 Å². The Labute approximate surface area is 87.5 Å². The van der Waals surface area contributed by atoms with Crippen molar-refractivity contribution in [1.82, 2.24) is 4.98 Å². The Morgan fingerprint density at radius 2 is 2.50 bits per heavy atom. The number of rotatable bonds is 2. The van der Waals surface area contributed by atoms with Crippen molar-refractivity contribution in [3.63, 3.8) is 0 Å². The third-order valence-corrected chi connectivity index (χ3v) is 1.96. The van der Waals surface area contributed by atoms with E-state index in [-0.39, 0.29) is 12.3 Å². The Hall–Kier alpha value is -1.53. The highest BCUT2D eigenvalue weighted by molar-refractivity contribution is 6.30. The van der Waals surface area contributed by atoms with Crippen LogP contribution in [0, 0.1) is 19.3 Å². The summed E-state index contributed by atoms with van der Waals surface area (Å²) in [5.74, 6) is 2.03. The van der Waals surface area contributed by atoms with Crippen molar-refractivity contribution in [2.75, 3.05) is 5.32 Å². The smallest absolute Gasteiger partial charge is 0.236 e. The summed E-state index contributed by atoms with van der Waals surface area (Å²) in [5, 5.41) is 3.04. The summed E-state index contributed by atoms with van der Waals surface area (Å²) >= 11 is 5.72. The minimum atomic E-state index is -0.226. The maximum atomic E-state index is 11.1. The summed E-state index contributed by atoms with van der Waals surface area (Å²) in [4.78, 5) is 15.0. The topological polar surface area (TPSA) is 42.0 Å². The first-order valence-corrected chi connectivity index (χ1v) is 4.36. The molecule has 0 spiro atoms. The van der Waals surface area contributed by atoms with Gasteiger partial charge >= 0.3 is 0 Å². The van der Waals surface area contributed by atoms with Crippen LogP contribution in [-0.2, 0) is 4.79 Å². The zero-order chi connectivity index (χ0) is 10.6. The van der Waals surface area contributed by atoms with E-state index in [1.54, 1.807) is 6.07 Å². The SMILES string of the molecule is C#CCC(=O)Nc1cnc(Cl)c(C)c1. The minimum Gasteiger partial charge on any atom is -0.324 e. The molecule has 1 amide bonds. The number of carbonyl (C=O) groups is 1. The number of halogens is 1. The van der Waals surface area contributed by atoms with Crippen LogP contribution in [0.25, 0.3) is 0 Å². The molecule has 0 aliphatic rings. The number of terminal acetylenes is 1. The largest absolute Gasteiger partial charge is 0.324 e. The van der Waals surface area contributed by atoms with Gasteiger partial charge in [-0.2, -0.15) is 0 Å². The zero-order valence-electron chi connectivity index (χ0n) is 7.67. The van der Waals surface area contributed by atoms with Gasteiger partial charge in [0.1, 0.15) is 5.15 Å². The summed E-state index contributed by atoms with van der Waals surface area (Å²) in [7, 11) is 0. The molecule has 1 N–H and O–H groups in total. The van der Waals surface area contributed by atoms with Crippen LogP contribution in [0.3, 0.4) is 0 Å². The number of hydrogen-bond donors (Lipinski definition) is 1. The van der Waals surface area contributed by atoms with E-state index in [4.69, 9.17) is 18.0 Å². The van der Waals surface area contributed by atoms with E-state index >= 15 is 0 Å². The van der Waals surface area contributed by atoms with E-state index in [0.717, 1.165) is 5.56 Å². The third kappa shape index (κ3) is 2.75. The second-order valence-corrected chi connectivity index (χ2v) is 3.12. The molecule has 4 heteroatoms. The van der Waals surface area contributed by atoms with Crippen LogP contribution in [0.1, 0.15) is 12.0 Å². The number of aromatic nitrogens is 1. The quantitative estimate of drug-likeness (QED) is 0.597. The van der Waals surface area contributed by atoms with E-state index in [9.17, 15) is 4.79 Å². The van der Waals surface area contributed by atoms with Crippen molar-refractivity contribution >= 4 is 23.2 Å². The minimum absolute atomic E-state index is 0.0572. The molecule has 0 fully saturated rings. The summed E-state index contributed by atoms with van der Waals surface area (Å²) < 4.78 is 0. The van der Waals surface area contributed by atoms with Gasteiger partial charge in [0.05, 0.1) is 18.3 Å². The van der Waals surface area contributed by atoms with Crippen molar-refractivity contribution < 1.29 is 4.79 Å². The second-order valence-electron chi connectivity index (χ2n) is 2.76. The lowest BCUT2D eigenvalue weighted by Gasteiger charge is -2.04. The van der Waals surface area contributed by atoms with Gasteiger partial charge in [-0.1, -0.05) is 17.5 Å². The Balaban J connectivity index is 2.74. The first-order valence-electron chi connectivity index (χ1n) is 3.99. The summed E-state index contributed by atoms with van der Waals surface area (Å²) in [6.45, 7) is 1.81. The van der Waals surface area contributed by atoms with Gasteiger partial charge in [-0.25, -0.2) is 4.98 Å². The van der Waals surface area contributed by atoms with E-state index in [1.165, 1.54) is 6.20 Å². The number of nitrogens with zero attached hydrogens (tertiary/aromatic N) is 1. The Kier molecular flexibility index (Phi) is 3.49. The van der Waals surface area contributed by atoms with Crippen molar-refractivity contribution in [2.24, 2.45) is 0 Å². The van der Waals surface area contributed by atoms with Crippen molar-refractivity contribution in [1.29, 1.82) is 0 Å². The Bertz CT molecular complexity index is 396. The molecular formula is C10H9ClN2O. The lowest BCUT2D eigenvalue weighted by Crippen LogP contribution is -2.10. The van der Waals surface area contributed by atoms with E-state index < -0.39 is 0 Å². The highest BCUT2D eigenvalue weighted by Crippen LogP contribution is 2.15. The standard InChI is InChI=1S/C10H9ClN2O/c1-3-4-9(14)13-8-5-7(2)10(11)12-6-8/h1,5-6H,4H2,2H3,(H,13,14). The van der Waals surface area contributed by atoms with Gasteiger partial charge < -0.3 is 5.32 Å². The number of amides is 1. The molecule has 3 nitrogen and oxygen atoms in total. The molecule has 0 aromatic carbocycles. The van der Waals surface area contributed by atoms with Crippen molar-refractivity contribution in [3.8, 4) is 12.3 Å². The van der Waals surface area contributed by atoms with Gasteiger partial charge in [0.2, 0.25) is 5.91 Å². The normalized spacial score (nSPS) is 9.21. The van der Waals surface area contributed by atoms with Gasteiger partial charge in [0, 0.05) is 0 Å². The Morgan fingerprint density at radius 1 is 1.79 bits per heavy atom. The second kappa shape index (κ2) is 4.64. The number of aryl methyl sites for hydroxylation is 1. The lowest BCUT2D eigenvalue weighted by atomic mass is 10.3. The number of nitrogens with one attached hydrogen (secondary N) is 1. The highest BCUT2D eigenvalue weighted by atomic mass is 35.5. The highest BCUT2D eigenvalue weighted by Gasteiger charge is 2.02. The average Bonchev–Trinajstić information content (AvgIpc) is 2.12. The fourth-order valence-corrected chi connectivity index (χ4v) is 1.03. The molecule has 72 valence electrons. The molecule has 14 heavy (non-hydrogen) atoms. The van der Waals surface area contributed by atoms with Gasteiger partial charge in [-0.15, -0.1) is 6.42 Å². The number of hydrogen-bond acceptors (Lipinski definition) is 2. The molecule has 1 aromatic rings. The van der Waals surface area contributed by atoms with E-state index in [0.29, 0.717) is 10.8 Å². The molecule has 0 saturated heterocycles. The molecule has 1 rings (SSSR count). The zero-order valence-corrected chi connectivity index (χ0v) is 8.43. The molecule has 0 atom stereocenters. The van der Waals surface area contributed by atoms with E-state index in [1.807, 2.05) is 6.92 Å².